The molecule has 110 valence electrons. The summed E-state index contributed by atoms with van der Waals surface area (Å²) in [4.78, 5) is 41.4. The topological polar surface area (TPSA) is 72.9 Å². The third-order valence-electron chi connectivity index (χ3n) is 3.72. The van der Waals surface area contributed by atoms with Crippen LogP contribution >= 0.6 is 0 Å². The van der Waals surface area contributed by atoms with Gasteiger partial charge in [0, 0.05) is 13.2 Å². The molecule has 21 heavy (non-hydrogen) atoms. The highest BCUT2D eigenvalue weighted by molar-refractivity contribution is 6.20. The number of imide groups is 1. The fourth-order valence-corrected chi connectivity index (χ4v) is 2.55. The number of carbonyl (C=O) groups excluding carboxylic acids is 3. The maximum absolute atomic E-state index is 12.1. The van der Waals surface area contributed by atoms with Crippen molar-refractivity contribution in [2.75, 3.05) is 13.2 Å². The zero-order valence-corrected chi connectivity index (χ0v) is 11.4. The van der Waals surface area contributed by atoms with Crippen LogP contribution in [0.15, 0.2) is 24.3 Å². The SMILES string of the molecule is O=C(ON1C(=O)c2ccccc2C1=O)C1CCCOCC1. The van der Waals surface area contributed by atoms with E-state index in [1.54, 1.807) is 24.3 Å². The van der Waals surface area contributed by atoms with Crippen molar-refractivity contribution >= 4 is 17.8 Å². The molecule has 1 aromatic rings. The van der Waals surface area contributed by atoms with Crippen molar-refractivity contribution in [2.24, 2.45) is 5.92 Å². The number of hydroxylamine groups is 2. The summed E-state index contributed by atoms with van der Waals surface area (Å²) in [6.45, 7) is 1.11. The quantitative estimate of drug-likeness (QED) is 0.772. The van der Waals surface area contributed by atoms with Gasteiger partial charge in [-0.05, 0) is 31.4 Å². The first-order chi connectivity index (χ1) is 10.2. The summed E-state index contributed by atoms with van der Waals surface area (Å²) >= 11 is 0. The predicted molar refractivity (Wildman–Crippen MR) is 71.2 cm³/mol. The maximum Gasteiger partial charge on any atom is 0.336 e. The Morgan fingerprint density at radius 2 is 1.76 bits per heavy atom. The molecular formula is C15H15NO5. The second kappa shape index (κ2) is 5.65. The fraction of sp³-hybridized carbons (Fsp3) is 0.400. The van der Waals surface area contributed by atoms with Gasteiger partial charge in [-0.3, -0.25) is 9.59 Å². The molecule has 0 radical (unpaired) electrons. The Bertz CT molecular complexity index is 554. The van der Waals surface area contributed by atoms with Crippen LogP contribution in [0.4, 0.5) is 0 Å². The van der Waals surface area contributed by atoms with Crippen LogP contribution in [0.2, 0.25) is 0 Å². The molecular weight excluding hydrogens is 274 g/mol. The Balaban J connectivity index is 1.72. The zero-order chi connectivity index (χ0) is 14.8. The summed E-state index contributed by atoms with van der Waals surface area (Å²) < 4.78 is 5.28. The lowest BCUT2D eigenvalue weighted by molar-refractivity contribution is -0.174. The van der Waals surface area contributed by atoms with Gasteiger partial charge in [0.2, 0.25) is 0 Å². The molecule has 1 unspecified atom stereocenters. The first-order valence-corrected chi connectivity index (χ1v) is 6.96. The van der Waals surface area contributed by atoms with Crippen LogP contribution in [-0.4, -0.2) is 36.1 Å². The summed E-state index contributed by atoms with van der Waals surface area (Å²) in [5.74, 6) is -2.06. The molecule has 1 atom stereocenters. The molecule has 2 aliphatic heterocycles. The maximum atomic E-state index is 12.1. The van der Waals surface area contributed by atoms with Gasteiger partial charge in [-0.25, -0.2) is 4.79 Å². The van der Waals surface area contributed by atoms with Crippen LogP contribution in [0.25, 0.3) is 0 Å². The number of fused-ring (bicyclic) bond motifs is 1. The summed E-state index contributed by atoms with van der Waals surface area (Å²) in [5.41, 5.74) is 0.527. The molecule has 1 saturated heterocycles. The van der Waals surface area contributed by atoms with Crippen LogP contribution in [0, 0.1) is 5.92 Å². The molecule has 6 heteroatoms. The van der Waals surface area contributed by atoms with Gasteiger partial charge in [-0.15, -0.1) is 0 Å². The Labute approximate surface area is 121 Å². The van der Waals surface area contributed by atoms with Crippen LogP contribution < -0.4 is 0 Å². The smallest absolute Gasteiger partial charge is 0.336 e. The van der Waals surface area contributed by atoms with E-state index in [1.165, 1.54) is 0 Å². The second-order valence-electron chi connectivity index (χ2n) is 5.10. The van der Waals surface area contributed by atoms with Gasteiger partial charge in [0.1, 0.15) is 0 Å². The van der Waals surface area contributed by atoms with E-state index < -0.39 is 17.8 Å². The van der Waals surface area contributed by atoms with Crippen LogP contribution in [-0.2, 0) is 14.4 Å². The normalized spacial score (nSPS) is 21.9. The molecule has 2 amide bonds. The van der Waals surface area contributed by atoms with Crippen molar-refractivity contribution in [1.82, 2.24) is 5.06 Å². The Morgan fingerprint density at radius 1 is 1.10 bits per heavy atom. The fourth-order valence-electron chi connectivity index (χ4n) is 2.55. The molecule has 0 saturated carbocycles. The lowest BCUT2D eigenvalue weighted by atomic mass is 10.0. The first-order valence-electron chi connectivity index (χ1n) is 6.96. The van der Waals surface area contributed by atoms with Crippen molar-refractivity contribution in [3.05, 3.63) is 35.4 Å². The largest absolute Gasteiger partial charge is 0.381 e. The van der Waals surface area contributed by atoms with E-state index in [-0.39, 0.29) is 17.0 Å². The summed E-state index contributed by atoms with van der Waals surface area (Å²) in [6.07, 6.45) is 1.95. The van der Waals surface area contributed by atoms with Gasteiger partial charge in [0.15, 0.2) is 0 Å². The number of rotatable bonds is 2. The van der Waals surface area contributed by atoms with Gasteiger partial charge in [0.05, 0.1) is 17.0 Å². The molecule has 0 N–H and O–H groups in total. The average Bonchev–Trinajstić information content (AvgIpc) is 2.72. The molecule has 1 aromatic carbocycles. The minimum Gasteiger partial charge on any atom is -0.381 e. The number of benzene rings is 1. The minimum atomic E-state index is -0.589. The highest BCUT2D eigenvalue weighted by Gasteiger charge is 2.39. The Kier molecular flexibility index (Phi) is 3.70. The van der Waals surface area contributed by atoms with E-state index >= 15 is 0 Å². The third-order valence-corrected chi connectivity index (χ3v) is 3.72. The van der Waals surface area contributed by atoms with E-state index in [2.05, 4.69) is 0 Å². The molecule has 2 aliphatic rings. The van der Waals surface area contributed by atoms with E-state index in [9.17, 15) is 14.4 Å². The molecule has 0 bridgehead atoms. The van der Waals surface area contributed by atoms with Gasteiger partial charge >= 0.3 is 5.97 Å². The zero-order valence-electron chi connectivity index (χ0n) is 11.4. The molecule has 3 rings (SSSR count). The molecule has 1 fully saturated rings. The number of nitrogens with zero attached hydrogens (tertiary/aromatic N) is 1. The van der Waals surface area contributed by atoms with Gasteiger partial charge in [-0.1, -0.05) is 17.2 Å². The summed E-state index contributed by atoms with van der Waals surface area (Å²) in [5, 5.41) is 0.568. The highest BCUT2D eigenvalue weighted by atomic mass is 16.7. The summed E-state index contributed by atoms with van der Waals surface area (Å²) in [6, 6.07) is 6.42. The number of carbonyl (C=O) groups is 3. The standard InChI is InChI=1S/C15H15NO5/c17-13-11-5-1-2-6-12(11)14(18)16(13)21-15(19)10-4-3-8-20-9-7-10/h1-2,5-6,10H,3-4,7-9H2. The molecule has 0 aliphatic carbocycles. The van der Waals surface area contributed by atoms with E-state index in [0.717, 1.165) is 6.42 Å². The Hall–Kier alpha value is -2.21. The van der Waals surface area contributed by atoms with E-state index in [4.69, 9.17) is 9.57 Å². The second-order valence-corrected chi connectivity index (χ2v) is 5.10. The number of ether oxygens (including phenoxy) is 1. The monoisotopic (exact) mass is 289 g/mol. The van der Waals surface area contributed by atoms with Gasteiger partial charge in [-0.2, -0.15) is 0 Å². The van der Waals surface area contributed by atoms with Crippen LogP contribution in [0.3, 0.4) is 0 Å². The van der Waals surface area contributed by atoms with Crippen molar-refractivity contribution in [1.29, 1.82) is 0 Å². The van der Waals surface area contributed by atoms with E-state index in [1.807, 2.05) is 0 Å². The summed E-state index contributed by atoms with van der Waals surface area (Å²) in [7, 11) is 0. The van der Waals surface area contributed by atoms with Crippen molar-refractivity contribution in [3.8, 4) is 0 Å². The van der Waals surface area contributed by atoms with Crippen molar-refractivity contribution < 1.29 is 24.0 Å². The molecule has 2 heterocycles. The van der Waals surface area contributed by atoms with Crippen LogP contribution in [0.5, 0.6) is 0 Å². The van der Waals surface area contributed by atoms with Gasteiger partial charge < -0.3 is 9.57 Å². The Morgan fingerprint density at radius 3 is 2.43 bits per heavy atom. The lowest BCUT2D eigenvalue weighted by Crippen LogP contribution is -2.35. The van der Waals surface area contributed by atoms with E-state index in [0.29, 0.717) is 31.1 Å². The lowest BCUT2D eigenvalue weighted by Gasteiger charge is -2.17. The first kappa shape index (κ1) is 13.8. The van der Waals surface area contributed by atoms with Gasteiger partial charge in [0.25, 0.3) is 11.8 Å². The number of hydrogen-bond donors (Lipinski definition) is 0. The highest BCUT2D eigenvalue weighted by Crippen LogP contribution is 2.25. The van der Waals surface area contributed by atoms with Crippen molar-refractivity contribution in [2.45, 2.75) is 19.3 Å². The third kappa shape index (κ3) is 2.54. The minimum absolute atomic E-state index is 0.263. The van der Waals surface area contributed by atoms with Crippen molar-refractivity contribution in [3.63, 3.8) is 0 Å². The molecule has 6 nitrogen and oxygen atoms in total. The average molecular weight is 289 g/mol. The number of hydrogen-bond acceptors (Lipinski definition) is 5. The predicted octanol–water partition coefficient (Wildman–Crippen LogP) is 1.56. The molecule has 0 spiro atoms. The molecule has 0 aromatic heterocycles. The number of amides is 2. The van der Waals surface area contributed by atoms with Crippen LogP contribution in [0.1, 0.15) is 40.0 Å².